The fraction of sp³-hybridized carbons (Fsp3) is 0.600. The predicted octanol–water partition coefficient (Wildman–Crippen LogP) is -0.0903. The molecule has 1 unspecified atom stereocenters. The van der Waals surface area contributed by atoms with Crippen LogP contribution in [-0.4, -0.2) is 33.4 Å². The van der Waals surface area contributed by atoms with E-state index in [1.807, 2.05) is 18.5 Å². The third-order valence-electron chi connectivity index (χ3n) is 2.41. The van der Waals surface area contributed by atoms with Gasteiger partial charge < -0.3 is 16.2 Å². The van der Waals surface area contributed by atoms with Crippen molar-refractivity contribution in [2.45, 2.75) is 33.0 Å². The zero-order valence-electron chi connectivity index (χ0n) is 9.90. The predicted molar refractivity (Wildman–Crippen MR) is 67.2 cm³/mol. The maximum absolute atomic E-state index is 10.6. The molecule has 0 fully saturated rings. The first-order valence-electron chi connectivity index (χ1n) is 5.37. The van der Waals surface area contributed by atoms with Crippen LogP contribution in [0.4, 0.5) is 0 Å². The zero-order chi connectivity index (χ0) is 13.0. The average molecular weight is 305 g/mol. The molecule has 6 nitrogen and oxygen atoms in total. The van der Waals surface area contributed by atoms with E-state index in [1.165, 1.54) is 0 Å². The van der Waals surface area contributed by atoms with E-state index in [9.17, 15) is 9.90 Å². The first kappa shape index (κ1) is 14.1. The minimum absolute atomic E-state index is 0.135. The van der Waals surface area contributed by atoms with Gasteiger partial charge in [0.25, 0.3) is 0 Å². The monoisotopic (exact) mass is 304 g/mol. The normalized spacial score (nSPS) is 12.7. The summed E-state index contributed by atoms with van der Waals surface area (Å²) in [6, 6.07) is 0. The Balaban J connectivity index is 2.60. The summed E-state index contributed by atoms with van der Waals surface area (Å²) in [4.78, 5) is 10.6. The number of hydrogen-bond donors (Lipinski definition) is 3. The largest absolute Gasteiger partial charge is 0.382 e. The van der Waals surface area contributed by atoms with Crippen molar-refractivity contribution < 1.29 is 9.90 Å². The Morgan fingerprint density at radius 3 is 2.88 bits per heavy atom. The van der Waals surface area contributed by atoms with Crippen LogP contribution in [-0.2, 0) is 17.9 Å². The van der Waals surface area contributed by atoms with Crippen molar-refractivity contribution in [2.24, 2.45) is 5.73 Å². The van der Waals surface area contributed by atoms with Crippen molar-refractivity contribution in [3.63, 3.8) is 0 Å². The molecular weight excluding hydrogens is 288 g/mol. The molecule has 0 spiro atoms. The summed E-state index contributed by atoms with van der Waals surface area (Å²) in [5.41, 5.74) is 6.85. The lowest BCUT2D eigenvalue weighted by atomic mass is 10.3. The highest BCUT2D eigenvalue weighted by molar-refractivity contribution is 9.10. The molecule has 7 heteroatoms. The number of nitrogens with one attached hydrogen (secondary N) is 1. The Kier molecular flexibility index (Phi) is 5.10. The number of hydrogen-bond acceptors (Lipinski definition) is 4. The third-order valence-corrected chi connectivity index (χ3v) is 3.44. The quantitative estimate of drug-likeness (QED) is 0.685. The second-order valence-corrected chi connectivity index (χ2v) is 4.50. The van der Waals surface area contributed by atoms with Crippen molar-refractivity contribution in [3.8, 4) is 0 Å². The van der Waals surface area contributed by atoms with Crippen LogP contribution < -0.4 is 11.1 Å². The Morgan fingerprint density at radius 2 is 2.35 bits per heavy atom. The van der Waals surface area contributed by atoms with Crippen LogP contribution >= 0.6 is 15.9 Å². The third kappa shape index (κ3) is 3.52. The maximum atomic E-state index is 10.6. The van der Waals surface area contributed by atoms with Crippen LogP contribution in [0.3, 0.4) is 0 Å². The Hall–Kier alpha value is -0.920. The molecule has 1 aromatic rings. The smallest absolute Gasteiger partial charge is 0.247 e. The molecule has 0 aliphatic rings. The van der Waals surface area contributed by atoms with Gasteiger partial charge in [0, 0.05) is 19.6 Å². The van der Waals surface area contributed by atoms with Gasteiger partial charge in [0.1, 0.15) is 6.10 Å². The minimum Gasteiger partial charge on any atom is -0.382 e. The van der Waals surface area contributed by atoms with E-state index >= 15 is 0 Å². The molecule has 1 heterocycles. The summed E-state index contributed by atoms with van der Waals surface area (Å²) in [6.45, 7) is 5.33. The van der Waals surface area contributed by atoms with Gasteiger partial charge in [-0.3, -0.25) is 9.48 Å². The summed E-state index contributed by atoms with van der Waals surface area (Å²) in [6.07, 6.45) is -1.16. The second kappa shape index (κ2) is 6.13. The molecule has 1 amide bonds. The molecule has 0 aliphatic heterocycles. The summed E-state index contributed by atoms with van der Waals surface area (Å²) >= 11 is 3.46. The number of carbonyl (C=O) groups is 1. The van der Waals surface area contributed by atoms with E-state index in [0.717, 1.165) is 22.4 Å². The number of rotatable bonds is 6. The lowest BCUT2D eigenvalue weighted by molar-refractivity contribution is -0.125. The van der Waals surface area contributed by atoms with Crippen LogP contribution in [0.25, 0.3) is 0 Å². The second-order valence-electron chi connectivity index (χ2n) is 3.71. The van der Waals surface area contributed by atoms with Gasteiger partial charge in [0.2, 0.25) is 5.91 Å². The summed E-state index contributed by atoms with van der Waals surface area (Å²) < 4.78 is 2.81. The number of aryl methyl sites for hydroxylation is 2. The number of aromatic nitrogens is 2. The topological polar surface area (TPSA) is 93.2 Å². The van der Waals surface area contributed by atoms with E-state index in [2.05, 4.69) is 26.3 Å². The van der Waals surface area contributed by atoms with Gasteiger partial charge in [0.05, 0.1) is 15.9 Å². The van der Waals surface area contributed by atoms with Crippen molar-refractivity contribution in [2.75, 3.05) is 6.54 Å². The van der Waals surface area contributed by atoms with E-state index in [4.69, 9.17) is 5.73 Å². The van der Waals surface area contributed by atoms with Crippen LogP contribution in [0.15, 0.2) is 4.47 Å². The molecule has 0 aliphatic carbocycles. The number of amides is 1. The van der Waals surface area contributed by atoms with E-state index < -0.39 is 12.0 Å². The molecule has 0 saturated heterocycles. The van der Waals surface area contributed by atoms with Crippen molar-refractivity contribution in [1.29, 1.82) is 0 Å². The van der Waals surface area contributed by atoms with Crippen LogP contribution in [0.2, 0.25) is 0 Å². The molecule has 1 atom stereocenters. The molecule has 1 rings (SSSR count). The minimum atomic E-state index is -1.16. The first-order valence-corrected chi connectivity index (χ1v) is 6.16. The molecule has 17 heavy (non-hydrogen) atoms. The number of nitrogens with two attached hydrogens (primary N) is 1. The highest BCUT2D eigenvalue weighted by atomic mass is 79.9. The fourth-order valence-corrected chi connectivity index (χ4v) is 1.89. The lowest BCUT2D eigenvalue weighted by Crippen LogP contribution is -2.37. The molecular formula is C10H17BrN4O2. The average Bonchev–Trinajstić information content (AvgIpc) is 2.56. The van der Waals surface area contributed by atoms with Gasteiger partial charge in [0.15, 0.2) is 0 Å². The first-order chi connectivity index (χ1) is 7.97. The Morgan fingerprint density at radius 1 is 1.71 bits per heavy atom. The fourth-order valence-electron chi connectivity index (χ4n) is 1.47. The van der Waals surface area contributed by atoms with Gasteiger partial charge in [-0.05, 0) is 29.8 Å². The summed E-state index contributed by atoms with van der Waals surface area (Å²) in [7, 11) is 0. The molecule has 0 radical (unpaired) electrons. The van der Waals surface area contributed by atoms with Gasteiger partial charge >= 0.3 is 0 Å². The highest BCUT2D eigenvalue weighted by Gasteiger charge is 2.14. The molecule has 96 valence electrons. The number of aliphatic hydroxyl groups is 1. The van der Waals surface area contributed by atoms with Gasteiger partial charge in [-0.15, -0.1) is 0 Å². The Bertz CT molecular complexity index is 405. The lowest BCUT2D eigenvalue weighted by Gasteiger charge is -2.09. The molecule has 0 saturated carbocycles. The molecule has 1 aromatic heterocycles. The zero-order valence-corrected chi connectivity index (χ0v) is 11.5. The van der Waals surface area contributed by atoms with E-state index in [-0.39, 0.29) is 6.54 Å². The summed E-state index contributed by atoms with van der Waals surface area (Å²) in [5.74, 6) is -0.725. The Labute approximate surface area is 108 Å². The van der Waals surface area contributed by atoms with Gasteiger partial charge in [-0.25, -0.2) is 0 Å². The van der Waals surface area contributed by atoms with Crippen LogP contribution in [0, 0.1) is 6.92 Å². The number of nitrogens with zero attached hydrogens (tertiary/aromatic N) is 2. The highest BCUT2D eigenvalue weighted by Crippen LogP contribution is 2.20. The number of halogens is 1. The number of primary amides is 1. The maximum Gasteiger partial charge on any atom is 0.247 e. The van der Waals surface area contributed by atoms with Gasteiger partial charge in [-0.2, -0.15) is 5.10 Å². The van der Waals surface area contributed by atoms with Gasteiger partial charge in [-0.1, -0.05) is 0 Å². The standard InChI is InChI=1S/C10H17BrN4O2/c1-3-15-7(9(11)6(2)14-15)4-13-5-8(16)10(12)17/h8,13,16H,3-5H2,1-2H3,(H2,12,17). The SMILES string of the molecule is CCn1nc(C)c(Br)c1CNCC(O)C(N)=O. The van der Waals surface area contributed by atoms with E-state index in [0.29, 0.717) is 6.54 Å². The summed E-state index contributed by atoms with van der Waals surface area (Å²) in [5, 5.41) is 16.5. The van der Waals surface area contributed by atoms with E-state index in [1.54, 1.807) is 0 Å². The molecule has 4 N–H and O–H groups in total. The van der Waals surface area contributed by atoms with Crippen LogP contribution in [0.5, 0.6) is 0 Å². The van der Waals surface area contributed by atoms with Crippen molar-refractivity contribution >= 4 is 21.8 Å². The number of aliphatic hydroxyl groups excluding tert-OH is 1. The molecule has 0 bridgehead atoms. The molecule has 0 aromatic carbocycles. The van der Waals surface area contributed by atoms with Crippen LogP contribution in [0.1, 0.15) is 18.3 Å². The number of carbonyl (C=O) groups excluding carboxylic acids is 1. The van der Waals surface area contributed by atoms with Crippen molar-refractivity contribution in [3.05, 3.63) is 15.9 Å². The van der Waals surface area contributed by atoms with Crippen molar-refractivity contribution in [1.82, 2.24) is 15.1 Å².